The number of fused-ring (bicyclic) bond motifs is 1. The summed E-state index contributed by atoms with van der Waals surface area (Å²) in [5, 5.41) is 3.31. The van der Waals surface area contributed by atoms with Crippen LogP contribution in [0.1, 0.15) is 50.8 Å². The summed E-state index contributed by atoms with van der Waals surface area (Å²) in [5.41, 5.74) is 1.53. The Hall–Kier alpha value is -1.65. The van der Waals surface area contributed by atoms with Gasteiger partial charge in [-0.25, -0.2) is 14.8 Å². The first-order valence-corrected chi connectivity index (χ1v) is 7.30. The van der Waals surface area contributed by atoms with Crippen LogP contribution in [0.15, 0.2) is 6.33 Å². The Morgan fingerprint density at radius 3 is 2.85 bits per heavy atom. The Bertz CT molecular complexity index is 490. The zero-order chi connectivity index (χ0) is 14.6. The Morgan fingerprint density at radius 2 is 2.15 bits per heavy atom. The minimum absolute atomic E-state index is 0.248. The fraction of sp³-hybridized carbons (Fsp3) is 0.667. The summed E-state index contributed by atoms with van der Waals surface area (Å²) < 4.78 is 4.94. The van der Waals surface area contributed by atoms with E-state index in [9.17, 15) is 4.79 Å². The van der Waals surface area contributed by atoms with E-state index >= 15 is 0 Å². The van der Waals surface area contributed by atoms with E-state index in [1.165, 1.54) is 13.5 Å². The molecule has 1 heterocycles. The average molecular weight is 277 g/mol. The normalized spacial score (nSPS) is 16.9. The molecule has 5 nitrogen and oxygen atoms in total. The minimum atomic E-state index is -0.733. The zero-order valence-corrected chi connectivity index (χ0v) is 12.5. The van der Waals surface area contributed by atoms with Crippen LogP contribution >= 0.6 is 0 Å². The number of hydrogen-bond donors (Lipinski definition) is 1. The molecule has 1 aliphatic carbocycles. The van der Waals surface area contributed by atoms with Crippen molar-refractivity contribution in [3.05, 3.63) is 17.6 Å². The molecule has 0 aromatic carbocycles. The van der Waals surface area contributed by atoms with Crippen molar-refractivity contribution >= 4 is 11.8 Å². The predicted molar refractivity (Wildman–Crippen MR) is 77.6 cm³/mol. The molecule has 0 aliphatic heterocycles. The summed E-state index contributed by atoms with van der Waals surface area (Å²) in [6.07, 6.45) is 7.47. The molecule has 20 heavy (non-hydrogen) atoms. The van der Waals surface area contributed by atoms with Gasteiger partial charge in [-0.2, -0.15) is 0 Å². The fourth-order valence-corrected chi connectivity index (χ4v) is 2.83. The number of rotatable bonds is 5. The third kappa shape index (κ3) is 2.92. The van der Waals surface area contributed by atoms with Crippen molar-refractivity contribution in [2.45, 2.75) is 57.9 Å². The maximum Gasteiger partial charge on any atom is 0.331 e. The molecule has 1 aliphatic rings. The quantitative estimate of drug-likeness (QED) is 0.838. The Labute approximate surface area is 120 Å². The molecule has 5 heteroatoms. The SMILES string of the molecule is CCCC(C)(Nc1ncnc2c1CCCC2)C(=O)OC. The van der Waals surface area contributed by atoms with E-state index in [1.807, 2.05) is 6.92 Å². The number of nitrogens with one attached hydrogen (secondary N) is 1. The largest absolute Gasteiger partial charge is 0.467 e. The second kappa shape index (κ2) is 6.20. The van der Waals surface area contributed by atoms with Crippen LogP contribution in [0.3, 0.4) is 0 Å². The van der Waals surface area contributed by atoms with E-state index in [4.69, 9.17) is 4.74 Å². The Morgan fingerprint density at radius 1 is 1.40 bits per heavy atom. The van der Waals surface area contributed by atoms with Crippen molar-refractivity contribution in [3.8, 4) is 0 Å². The van der Waals surface area contributed by atoms with Crippen LogP contribution in [0, 0.1) is 0 Å². The van der Waals surface area contributed by atoms with E-state index in [2.05, 4.69) is 22.2 Å². The molecule has 0 saturated heterocycles. The van der Waals surface area contributed by atoms with Crippen molar-refractivity contribution in [1.82, 2.24) is 9.97 Å². The molecule has 0 radical (unpaired) electrons. The van der Waals surface area contributed by atoms with E-state index in [0.717, 1.165) is 42.8 Å². The maximum atomic E-state index is 12.1. The molecule has 1 aromatic rings. The van der Waals surface area contributed by atoms with Gasteiger partial charge in [0.2, 0.25) is 0 Å². The van der Waals surface area contributed by atoms with Crippen molar-refractivity contribution in [2.24, 2.45) is 0 Å². The molecule has 0 amide bonds. The third-order valence-electron chi connectivity index (χ3n) is 3.91. The molecule has 0 spiro atoms. The van der Waals surface area contributed by atoms with Gasteiger partial charge in [-0.15, -0.1) is 0 Å². The van der Waals surface area contributed by atoms with Gasteiger partial charge >= 0.3 is 5.97 Å². The molecule has 1 unspecified atom stereocenters. The number of carbonyl (C=O) groups excluding carboxylic acids is 1. The van der Waals surface area contributed by atoms with Gasteiger partial charge in [0.05, 0.1) is 7.11 Å². The monoisotopic (exact) mass is 277 g/mol. The second-order valence-electron chi connectivity index (χ2n) is 5.55. The Kier molecular flexibility index (Phi) is 4.57. The molecule has 1 N–H and O–H groups in total. The van der Waals surface area contributed by atoms with Crippen LogP contribution in [0.4, 0.5) is 5.82 Å². The average Bonchev–Trinajstić information content (AvgIpc) is 2.47. The molecule has 0 saturated carbocycles. The summed E-state index contributed by atoms with van der Waals surface area (Å²) in [5.74, 6) is 0.540. The summed E-state index contributed by atoms with van der Waals surface area (Å²) in [4.78, 5) is 20.8. The zero-order valence-electron chi connectivity index (χ0n) is 12.5. The molecule has 0 fully saturated rings. The first-order chi connectivity index (χ1) is 9.60. The predicted octanol–water partition coefficient (Wildman–Crippen LogP) is 2.50. The number of nitrogens with zero attached hydrogens (tertiary/aromatic N) is 2. The van der Waals surface area contributed by atoms with Gasteiger partial charge in [-0.05, 0) is 39.0 Å². The van der Waals surface area contributed by atoms with E-state index in [0.29, 0.717) is 6.42 Å². The molecule has 0 bridgehead atoms. The first kappa shape index (κ1) is 14.8. The number of aryl methyl sites for hydroxylation is 1. The molecule has 1 aromatic heterocycles. The van der Waals surface area contributed by atoms with Crippen LogP contribution in [-0.2, 0) is 22.4 Å². The smallest absolute Gasteiger partial charge is 0.331 e. The summed E-state index contributed by atoms with van der Waals surface area (Å²) >= 11 is 0. The number of anilines is 1. The van der Waals surface area contributed by atoms with Gasteiger partial charge < -0.3 is 10.1 Å². The van der Waals surface area contributed by atoms with E-state index in [1.54, 1.807) is 6.33 Å². The van der Waals surface area contributed by atoms with Crippen LogP contribution in [0.25, 0.3) is 0 Å². The van der Waals surface area contributed by atoms with Crippen molar-refractivity contribution < 1.29 is 9.53 Å². The molecule has 2 rings (SSSR count). The van der Waals surface area contributed by atoms with Crippen molar-refractivity contribution in [2.75, 3.05) is 12.4 Å². The summed E-state index contributed by atoms with van der Waals surface area (Å²) in [6.45, 7) is 3.93. The number of ether oxygens (including phenoxy) is 1. The van der Waals surface area contributed by atoms with Crippen LogP contribution in [-0.4, -0.2) is 28.6 Å². The highest BCUT2D eigenvalue weighted by Crippen LogP contribution is 2.28. The van der Waals surface area contributed by atoms with Gasteiger partial charge in [0.15, 0.2) is 0 Å². The van der Waals surface area contributed by atoms with Crippen LogP contribution in [0.5, 0.6) is 0 Å². The van der Waals surface area contributed by atoms with Crippen molar-refractivity contribution in [1.29, 1.82) is 0 Å². The molecule has 1 atom stereocenters. The standard InChI is InChI=1S/C15H23N3O2/c1-4-9-15(2,14(19)20-3)18-13-11-7-5-6-8-12(11)16-10-17-13/h10H,4-9H2,1-3H3,(H,16,17,18). The van der Waals surface area contributed by atoms with Gasteiger partial charge in [0.25, 0.3) is 0 Å². The second-order valence-corrected chi connectivity index (χ2v) is 5.55. The highest BCUT2D eigenvalue weighted by molar-refractivity contribution is 5.83. The van der Waals surface area contributed by atoms with Crippen molar-refractivity contribution in [3.63, 3.8) is 0 Å². The van der Waals surface area contributed by atoms with E-state index < -0.39 is 5.54 Å². The lowest BCUT2D eigenvalue weighted by atomic mass is 9.93. The lowest BCUT2D eigenvalue weighted by Crippen LogP contribution is -2.44. The topological polar surface area (TPSA) is 64.1 Å². The molecular weight excluding hydrogens is 254 g/mol. The number of methoxy groups -OCH3 is 1. The lowest BCUT2D eigenvalue weighted by Gasteiger charge is -2.30. The fourth-order valence-electron chi connectivity index (χ4n) is 2.83. The third-order valence-corrected chi connectivity index (χ3v) is 3.91. The number of esters is 1. The highest BCUT2D eigenvalue weighted by atomic mass is 16.5. The molecular formula is C15H23N3O2. The Balaban J connectivity index is 2.29. The highest BCUT2D eigenvalue weighted by Gasteiger charge is 2.34. The number of hydrogen-bond acceptors (Lipinski definition) is 5. The number of carbonyl (C=O) groups is 1. The van der Waals surface area contributed by atoms with Gasteiger partial charge in [-0.3, -0.25) is 0 Å². The van der Waals surface area contributed by atoms with Gasteiger partial charge in [0, 0.05) is 11.3 Å². The maximum absolute atomic E-state index is 12.1. The van der Waals surface area contributed by atoms with E-state index in [-0.39, 0.29) is 5.97 Å². The van der Waals surface area contributed by atoms with Gasteiger partial charge in [0.1, 0.15) is 17.7 Å². The van der Waals surface area contributed by atoms with Gasteiger partial charge in [-0.1, -0.05) is 13.3 Å². The van der Waals surface area contributed by atoms with Crippen LogP contribution in [0.2, 0.25) is 0 Å². The molecule has 110 valence electrons. The summed E-state index contributed by atoms with van der Waals surface area (Å²) in [7, 11) is 1.42. The first-order valence-electron chi connectivity index (χ1n) is 7.30. The van der Waals surface area contributed by atoms with Crippen LogP contribution < -0.4 is 5.32 Å². The lowest BCUT2D eigenvalue weighted by molar-refractivity contribution is -0.145. The number of aromatic nitrogens is 2. The minimum Gasteiger partial charge on any atom is -0.467 e. The summed E-state index contributed by atoms with van der Waals surface area (Å²) in [6, 6.07) is 0.